The summed E-state index contributed by atoms with van der Waals surface area (Å²) in [6, 6.07) is 12.2. The summed E-state index contributed by atoms with van der Waals surface area (Å²) in [6.07, 6.45) is -1.81. The second-order valence-electron chi connectivity index (χ2n) is 9.95. The summed E-state index contributed by atoms with van der Waals surface area (Å²) in [5.41, 5.74) is 3.43. The maximum Gasteiger partial charge on any atom is 0.512 e. The van der Waals surface area contributed by atoms with E-state index in [0.717, 1.165) is 61.7 Å². The number of esters is 1. The van der Waals surface area contributed by atoms with Crippen LogP contribution in [-0.4, -0.2) is 86.8 Å². The fourth-order valence-corrected chi connectivity index (χ4v) is 6.07. The van der Waals surface area contributed by atoms with Gasteiger partial charge in [0.05, 0.1) is 23.4 Å². The van der Waals surface area contributed by atoms with E-state index in [-0.39, 0.29) is 25.7 Å². The molecule has 0 saturated carbocycles. The fraction of sp³-hybridized carbons (Fsp3) is 0.448. The molecule has 1 saturated heterocycles. The first-order valence-corrected chi connectivity index (χ1v) is 14.4. The van der Waals surface area contributed by atoms with E-state index in [0.29, 0.717) is 5.69 Å². The van der Waals surface area contributed by atoms with Gasteiger partial charge in [-0.05, 0) is 66.7 Å². The molecule has 12 heteroatoms. The van der Waals surface area contributed by atoms with Crippen molar-refractivity contribution in [3.8, 4) is 0 Å². The lowest BCUT2D eigenvalue weighted by molar-refractivity contribution is -0.156. The van der Waals surface area contributed by atoms with Crippen LogP contribution >= 0.6 is 11.5 Å². The Morgan fingerprint density at radius 1 is 1.10 bits per heavy atom. The summed E-state index contributed by atoms with van der Waals surface area (Å²) in [6.45, 7) is 7.95. The predicted octanol–water partition coefficient (Wildman–Crippen LogP) is 3.50. The van der Waals surface area contributed by atoms with Gasteiger partial charge in [-0.1, -0.05) is 18.2 Å². The zero-order chi connectivity index (χ0) is 28.9. The highest BCUT2D eigenvalue weighted by Crippen LogP contribution is 2.35. The highest BCUT2D eigenvalue weighted by Gasteiger charge is 2.41. The van der Waals surface area contributed by atoms with Crippen LogP contribution in [0.2, 0.25) is 0 Å². The van der Waals surface area contributed by atoms with Gasteiger partial charge in [0.15, 0.2) is 6.79 Å². The molecule has 1 amide bonds. The number of piperazine rings is 1. The largest absolute Gasteiger partial charge is 0.512 e. The number of benzene rings is 2. The topological polar surface area (TPSA) is 111 Å². The Kier molecular flexibility index (Phi) is 9.01. The maximum absolute atomic E-state index is 13.1. The summed E-state index contributed by atoms with van der Waals surface area (Å²) in [5.74, 6) is -0.139. The maximum atomic E-state index is 13.1. The molecule has 3 aromatic rings. The first-order chi connectivity index (χ1) is 19.9. The molecule has 0 bridgehead atoms. The van der Waals surface area contributed by atoms with E-state index in [9.17, 15) is 14.4 Å². The van der Waals surface area contributed by atoms with Gasteiger partial charge in [-0.3, -0.25) is 14.6 Å². The van der Waals surface area contributed by atoms with Gasteiger partial charge in [-0.15, -0.1) is 0 Å². The number of aromatic nitrogens is 1. The molecule has 1 aromatic heterocycles. The monoisotopic (exact) mass is 582 g/mol. The van der Waals surface area contributed by atoms with E-state index in [2.05, 4.69) is 28.0 Å². The van der Waals surface area contributed by atoms with Gasteiger partial charge in [-0.2, -0.15) is 4.37 Å². The lowest BCUT2D eigenvalue weighted by Crippen LogP contribution is -2.47. The Morgan fingerprint density at radius 3 is 2.63 bits per heavy atom. The second kappa shape index (κ2) is 12.8. The van der Waals surface area contributed by atoms with Gasteiger partial charge in [-0.25, -0.2) is 9.59 Å². The number of amides is 1. The molecule has 11 nitrogen and oxygen atoms in total. The van der Waals surface area contributed by atoms with Crippen molar-refractivity contribution in [3.63, 3.8) is 0 Å². The van der Waals surface area contributed by atoms with Crippen LogP contribution < -0.4 is 9.80 Å². The van der Waals surface area contributed by atoms with E-state index >= 15 is 0 Å². The van der Waals surface area contributed by atoms with E-state index in [4.69, 9.17) is 23.3 Å². The Hall–Kier alpha value is -3.74. The first kappa shape index (κ1) is 28.8. The predicted molar refractivity (Wildman–Crippen MR) is 154 cm³/mol. The lowest BCUT2D eigenvalue weighted by Gasteiger charge is -2.35. The van der Waals surface area contributed by atoms with Gasteiger partial charge in [0.25, 0.3) is 6.23 Å². The number of nitrogens with zero attached hydrogens (tertiary/aromatic N) is 4. The molecule has 2 aliphatic rings. The molecule has 3 heterocycles. The molecular formula is C29H34N4O7S. The van der Waals surface area contributed by atoms with Gasteiger partial charge in [0.2, 0.25) is 5.91 Å². The number of carbonyl (C=O) groups is 3. The van der Waals surface area contributed by atoms with Crippen molar-refractivity contribution in [2.24, 2.45) is 0 Å². The molecule has 0 spiro atoms. The summed E-state index contributed by atoms with van der Waals surface area (Å²) in [7, 11) is 1.35. The number of carbonyl (C=O) groups excluding carboxylic acids is 3. The van der Waals surface area contributed by atoms with Crippen LogP contribution in [0.25, 0.3) is 10.1 Å². The van der Waals surface area contributed by atoms with Gasteiger partial charge < -0.3 is 23.8 Å². The third kappa shape index (κ3) is 6.29. The second-order valence-corrected chi connectivity index (χ2v) is 10.8. The number of fused-ring (bicyclic) bond motifs is 2. The molecule has 0 aliphatic carbocycles. The quantitative estimate of drug-likeness (QED) is 0.260. The average molecular weight is 583 g/mol. The van der Waals surface area contributed by atoms with E-state index in [1.54, 1.807) is 18.5 Å². The number of hydrogen-bond donors (Lipinski definition) is 0. The Morgan fingerprint density at radius 2 is 1.88 bits per heavy atom. The molecule has 0 radical (unpaired) electrons. The van der Waals surface area contributed by atoms with Crippen LogP contribution in [0.1, 0.15) is 23.6 Å². The molecule has 1 fully saturated rings. The number of methoxy groups -OCH3 is 1. The summed E-state index contributed by atoms with van der Waals surface area (Å²) < 4.78 is 25.7. The molecular weight excluding hydrogens is 548 g/mol. The summed E-state index contributed by atoms with van der Waals surface area (Å²) in [4.78, 5) is 43.9. The van der Waals surface area contributed by atoms with Crippen LogP contribution in [0.4, 0.5) is 16.3 Å². The number of anilines is 2. The van der Waals surface area contributed by atoms with E-state index in [1.807, 2.05) is 25.1 Å². The molecule has 2 aromatic carbocycles. The third-order valence-corrected chi connectivity index (χ3v) is 8.18. The van der Waals surface area contributed by atoms with Crippen molar-refractivity contribution in [2.75, 3.05) is 63.0 Å². The highest BCUT2D eigenvalue weighted by atomic mass is 32.1. The van der Waals surface area contributed by atoms with E-state index < -0.39 is 18.4 Å². The van der Waals surface area contributed by atoms with Crippen molar-refractivity contribution in [1.82, 2.24) is 9.27 Å². The Balaban J connectivity index is 1.23. The Bertz CT molecular complexity index is 1420. The van der Waals surface area contributed by atoms with Crippen molar-refractivity contribution in [3.05, 3.63) is 53.1 Å². The SMILES string of the molecule is CCOC(=O)C(OC(=O)OCOC)N1C(=O)Cc2cc(CCN3CCN(c4nsc5ccccc45)CC3)c(C)cc21. The first-order valence-electron chi connectivity index (χ1n) is 13.6. The van der Waals surface area contributed by atoms with Crippen LogP contribution in [0.5, 0.6) is 0 Å². The third-order valence-electron chi connectivity index (χ3n) is 7.36. The average Bonchev–Trinajstić information content (AvgIpc) is 3.54. The van der Waals surface area contributed by atoms with Crippen LogP contribution in [0.3, 0.4) is 0 Å². The molecule has 218 valence electrons. The molecule has 5 rings (SSSR count). The minimum atomic E-state index is -1.59. The summed E-state index contributed by atoms with van der Waals surface area (Å²) >= 11 is 1.54. The van der Waals surface area contributed by atoms with E-state index in [1.165, 1.54) is 22.1 Å². The zero-order valence-corrected chi connectivity index (χ0v) is 24.3. The zero-order valence-electron chi connectivity index (χ0n) is 23.5. The van der Waals surface area contributed by atoms with Gasteiger partial charge >= 0.3 is 12.1 Å². The summed E-state index contributed by atoms with van der Waals surface area (Å²) in [5, 5.41) is 1.21. The molecule has 41 heavy (non-hydrogen) atoms. The van der Waals surface area contributed by atoms with Gasteiger partial charge in [0.1, 0.15) is 5.82 Å². The molecule has 1 atom stereocenters. The molecule has 0 N–H and O–H groups in total. The lowest BCUT2D eigenvalue weighted by atomic mass is 10.00. The minimum Gasteiger partial charge on any atom is -0.462 e. The molecule has 2 aliphatic heterocycles. The number of rotatable bonds is 10. The number of aryl methyl sites for hydroxylation is 1. The van der Waals surface area contributed by atoms with Crippen molar-refractivity contribution in [2.45, 2.75) is 32.9 Å². The van der Waals surface area contributed by atoms with Crippen molar-refractivity contribution < 1.29 is 33.3 Å². The smallest absolute Gasteiger partial charge is 0.462 e. The van der Waals surface area contributed by atoms with Crippen molar-refractivity contribution in [1.29, 1.82) is 0 Å². The van der Waals surface area contributed by atoms with Crippen LogP contribution in [-0.2, 0) is 41.4 Å². The molecule has 1 unspecified atom stereocenters. The van der Waals surface area contributed by atoms with Crippen LogP contribution in [0, 0.1) is 6.92 Å². The fourth-order valence-electron chi connectivity index (χ4n) is 5.28. The standard InChI is InChI=1S/C29H34N4O7S/c1-4-38-28(35)27(40-29(36)39-18-37-3)33-23-15-19(2)20(16-21(23)17-25(33)34)9-10-31-11-13-32(14-12-31)26-22-7-5-6-8-24(22)41-30-26/h5-8,15-16,27H,4,9-14,17-18H2,1-3H3. The van der Waals surface area contributed by atoms with Crippen molar-refractivity contribution >= 4 is 51.2 Å². The van der Waals surface area contributed by atoms with Crippen LogP contribution in [0.15, 0.2) is 36.4 Å². The number of hydrogen-bond acceptors (Lipinski definition) is 11. The highest BCUT2D eigenvalue weighted by molar-refractivity contribution is 7.13. The Labute approximate surface area is 242 Å². The minimum absolute atomic E-state index is 0.0628. The van der Waals surface area contributed by atoms with Gasteiger partial charge in [0, 0.05) is 45.2 Å². The number of ether oxygens (including phenoxy) is 4. The normalized spacial score (nSPS) is 16.1.